The second-order valence-electron chi connectivity index (χ2n) is 7.76. The normalized spacial score (nSPS) is 19.4. The number of piperazine rings is 1. The van der Waals surface area contributed by atoms with Crippen LogP contribution in [0.2, 0.25) is 0 Å². The standard InChI is InChI=1S/C23H24N4OS/c28-23(21-16-29-17-24-21)26-13-19-8-4-5-9-22(19)27-11-10-25(14-20(27)15-26)12-18-6-2-1-3-7-18/h1-9,16-17,20H,10-15H2. The van der Waals surface area contributed by atoms with E-state index in [1.165, 1.54) is 28.2 Å². The molecule has 148 valence electrons. The molecule has 2 aliphatic heterocycles. The van der Waals surface area contributed by atoms with Gasteiger partial charge in [0.1, 0.15) is 5.69 Å². The van der Waals surface area contributed by atoms with Crippen LogP contribution in [0.1, 0.15) is 21.6 Å². The third-order valence-corrected chi connectivity index (χ3v) is 6.43. The van der Waals surface area contributed by atoms with E-state index in [0.29, 0.717) is 12.2 Å². The van der Waals surface area contributed by atoms with Crippen molar-refractivity contribution < 1.29 is 4.79 Å². The topological polar surface area (TPSA) is 39.7 Å². The number of carbonyl (C=O) groups excluding carboxylic acids is 1. The summed E-state index contributed by atoms with van der Waals surface area (Å²) in [7, 11) is 0. The lowest BCUT2D eigenvalue weighted by Crippen LogP contribution is -2.56. The van der Waals surface area contributed by atoms with Gasteiger partial charge in [-0.15, -0.1) is 11.3 Å². The first-order valence-corrected chi connectivity index (χ1v) is 11.0. The van der Waals surface area contributed by atoms with Gasteiger partial charge in [0.2, 0.25) is 0 Å². The number of rotatable bonds is 3. The summed E-state index contributed by atoms with van der Waals surface area (Å²) < 4.78 is 0. The summed E-state index contributed by atoms with van der Waals surface area (Å²) in [5.41, 5.74) is 6.11. The molecule has 1 atom stereocenters. The van der Waals surface area contributed by atoms with Crippen LogP contribution in [-0.2, 0) is 13.1 Å². The van der Waals surface area contributed by atoms with E-state index in [0.717, 1.165) is 32.7 Å². The molecule has 1 aromatic heterocycles. The molecule has 6 heteroatoms. The van der Waals surface area contributed by atoms with Gasteiger partial charge in [0.05, 0.1) is 11.6 Å². The molecule has 0 bridgehead atoms. The van der Waals surface area contributed by atoms with E-state index < -0.39 is 0 Å². The number of amides is 1. The van der Waals surface area contributed by atoms with E-state index in [4.69, 9.17) is 0 Å². The zero-order valence-electron chi connectivity index (χ0n) is 16.3. The highest BCUT2D eigenvalue weighted by Crippen LogP contribution is 2.30. The van der Waals surface area contributed by atoms with Crippen LogP contribution in [0.25, 0.3) is 0 Å². The Morgan fingerprint density at radius 1 is 1.03 bits per heavy atom. The van der Waals surface area contributed by atoms with E-state index in [-0.39, 0.29) is 11.9 Å². The van der Waals surface area contributed by atoms with Crippen molar-refractivity contribution in [2.24, 2.45) is 0 Å². The minimum Gasteiger partial charge on any atom is -0.364 e. The minimum absolute atomic E-state index is 0.0306. The molecular weight excluding hydrogens is 380 g/mol. The van der Waals surface area contributed by atoms with Crippen LogP contribution in [0.3, 0.4) is 0 Å². The van der Waals surface area contributed by atoms with Gasteiger partial charge >= 0.3 is 0 Å². The molecule has 2 aliphatic rings. The first-order chi connectivity index (χ1) is 14.3. The molecule has 0 radical (unpaired) electrons. The third kappa shape index (κ3) is 3.78. The van der Waals surface area contributed by atoms with E-state index in [1.807, 2.05) is 10.3 Å². The van der Waals surface area contributed by atoms with Gasteiger partial charge in [-0.05, 0) is 17.2 Å². The number of fused-ring (bicyclic) bond motifs is 3. The number of aromatic nitrogens is 1. The van der Waals surface area contributed by atoms with E-state index in [9.17, 15) is 4.79 Å². The summed E-state index contributed by atoms with van der Waals surface area (Å²) in [4.78, 5) is 24.4. The molecule has 5 nitrogen and oxygen atoms in total. The summed E-state index contributed by atoms with van der Waals surface area (Å²) >= 11 is 1.47. The molecule has 0 N–H and O–H groups in total. The predicted octanol–water partition coefficient (Wildman–Crippen LogP) is 3.49. The maximum atomic E-state index is 13.1. The Morgan fingerprint density at radius 2 is 1.86 bits per heavy atom. The highest BCUT2D eigenvalue weighted by molar-refractivity contribution is 7.07. The van der Waals surface area contributed by atoms with Crippen molar-refractivity contribution in [2.45, 2.75) is 19.1 Å². The molecule has 1 amide bonds. The SMILES string of the molecule is O=C(c1cscn1)N1Cc2ccccc2N2CCN(Cc3ccccc3)CC2C1. The summed E-state index contributed by atoms with van der Waals surface area (Å²) in [6.45, 7) is 5.26. The Hall–Kier alpha value is -2.70. The number of carbonyl (C=O) groups is 1. The van der Waals surface area contributed by atoms with Gasteiger partial charge in [0.15, 0.2) is 0 Å². The monoisotopic (exact) mass is 404 g/mol. The highest BCUT2D eigenvalue weighted by atomic mass is 32.1. The zero-order valence-corrected chi connectivity index (χ0v) is 17.1. The second-order valence-corrected chi connectivity index (χ2v) is 8.47. The molecule has 1 fully saturated rings. The molecule has 5 rings (SSSR count). The summed E-state index contributed by atoms with van der Waals surface area (Å²) in [5.74, 6) is 0.0306. The lowest BCUT2D eigenvalue weighted by atomic mass is 10.1. The molecule has 0 spiro atoms. The van der Waals surface area contributed by atoms with Gasteiger partial charge in [-0.3, -0.25) is 9.69 Å². The number of anilines is 1. The number of para-hydroxylation sites is 1. The van der Waals surface area contributed by atoms with Gasteiger partial charge in [0, 0.05) is 50.3 Å². The van der Waals surface area contributed by atoms with Crippen LogP contribution in [0.5, 0.6) is 0 Å². The Labute approximate surface area is 175 Å². The number of hydrogen-bond donors (Lipinski definition) is 0. The maximum absolute atomic E-state index is 13.1. The second kappa shape index (κ2) is 7.97. The first-order valence-electron chi connectivity index (χ1n) is 10.1. The lowest BCUT2D eigenvalue weighted by Gasteiger charge is -2.43. The quantitative estimate of drug-likeness (QED) is 0.670. The van der Waals surface area contributed by atoms with Crippen LogP contribution in [0.15, 0.2) is 65.5 Å². The lowest BCUT2D eigenvalue weighted by molar-refractivity contribution is 0.0713. The van der Waals surface area contributed by atoms with Crippen LogP contribution in [-0.4, -0.2) is 52.9 Å². The smallest absolute Gasteiger partial charge is 0.273 e. The fourth-order valence-corrected chi connectivity index (χ4v) is 4.99. The van der Waals surface area contributed by atoms with Crippen molar-refractivity contribution in [3.05, 3.63) is 82.3 Å². The Morgan fingerprint density at radius 3 is 2.69 bits per heavy atom. The molecule has 29 heavy (non-hydrogen) atoms. The summed E-state index contributed by atoms with van der Waals surface area (Å²) in [5, 5.41) is 1.85. The van der Waals surface area contributed by atoms with Crippen LogP contribution in [0, 0.1) is 0 Å². The average molecular weight is 405 g/mol. The van der Waals surface area contributed by atoms with Crippen LogP contribution in [0.4, 0.5) is 5.69 Å². The van der Waals surface area contributed by atoms with Crippen molar-refractivity contribution in [3.8, 4) is 0 Å². The molecule has 0 aliphatic carbocycles. The minimum atomic E-state index is 0.0306. The fraction of sp³-hybridized carbons (Fsp3) is 0.304. The van der Waals surface area contributed by atoms with Crippen LogP contribution < -0.4 is 4.90 Å². The van der Waals surface area contributed by atoms with Gasteiger partial charge in [-0.1, -0.05) is 48.5 Å². The number of thiazole rings is 1. The van der Waals surface area contributed by atoms with Crippen LogP contribution >= 0.6 is 11.3 Å². The first kappa shape index (κ1) is 18.3. The molecular formula is C23H24N4OS. The maximum Gasteiger partial charge on any atom is 0.273 e. The van der Waals surface area contributed by atoms with Gasteiger partial charge in [-0.25, -0.2) is 4.98 Å². The van der Waals surface area contributed by atoms with Gasteiger partial charge < -0.3 is 9.80 Å². The van der Waals surface area contributed by atoms with E-state index in [1.54, 1.807) is 5.51 Å². The Bertz CT molecular complexity index is 976. The zero-order chi connectivity index (χ0) is 19.6. The van der Waals surface area contributed by atoms with Crippen molar-refractivity contribution in [3.63, 3.8) is 0 Å². The molecule has 3 heterocycles. The predicted molar refractivity (Wildman–Crippen MR) is 116 cm³/mol. The molecule has 2 aromatic carbocycles. The number of nitrogens with zero attached hydrogens (tertiary/aromatic N) is 4. The Balaban J connectivity index is 1.41. The summed E-state index contributed by atoms with van der Waals surface area (Å²) in [6.07, 6.45) is 0. The van der Waals surface area contributed by atoms with Gasteiger partial charge in [-0.2, -0.15) is 0 Å². The van der Waals surface area contributed by atoms with Gasteiger partial charge in [0.25, 0.3) is 5.91 Å². The van der Waals surface area contributed by atoms with E-state index >= 15 is 0 Å². The molecule has 0 saturated carbocycles. The van der Waals surface area contributed by atoms with Crippen molar-refractivity contribution >= 4 is 22.9 Å². The third-order valence-electron chi connectivity index (χ3n) is 5.85. The largest absolute Gasteiger partial charge is 0.364 e. The average Bonchev–Trinajstić information content (AvgIpc) is 3.24. The van der Waals surface area contributed by atoms with Crippen molar-refractivity contribution in [1.29, 1.82) is 0 Å². The van der Waals surface area contributed by atoms with E-state index in [2.05, 4.69) is 69.4 Å². The summed E-state index contributed by atoms with van der Waals surface area (Å²) in [6, 6.07) is 19.4. The number of hydrogen-bond acceptors (Lipinski definition) is 5. The van der Waals surface area contributed by atoms with Crippen molar-refractivity contribution in [2.75, 3.05) is 31.1 Å². The Kier molecular flexibility index (Phi) is 5.04. The van der Waals surface area contributed by atoms with Crippen molar-refractivity contribution in [1.82, 2.24) is 14.8 Å². The fourth-order valence-electron chi connectivity index (χ4n) is 4.46. The molecule has 1 unspecified atom stereocenters. The molecule has 3 aromatic rings. The number of benzene rings is 2. The molecule has 1 saturated heterocycles. The highest BCUT2D eigenvalue weighted by Gasteiger charge is 2.34.